The molecule has 2 heteroatoms. The Labute approximate surface area is 77.6 Å². The van der Waals surface area contributed by atoms with E-state index in [4.69, 9.17) is 0 Å². The maximum absolute atomic E-state index is 3.36. The van der Waals surface area contributed by atoms with E-state index in [2.05, 4.69) is 6.58 Å². The number of allylic oxidation sites excluding steroid dienone is 1. The van der Waals surface area contributed by atoms with Gasteiger partial charge in [0.2, 0.25) is 0 Å². The van der Waals surface area contributed by atoms with Crippen LogP contribution in [0.2, 0.25) is 0 Å². The average Bonchev–Trinajstić information content (AvgIpc) is 0.918. The molecule has 0 atom stereocenters. The van der Waals surface area contributed by atoms with Gasteiger partial charge in [-0.3, -0.25) is 0 Å². The third-order valence-electron chi connectivity index (χ3n) is 0. The Balaban J connectivity index is -0.0000000200. The normalized spacial score (nSPS) is 2.60. The van der Waals surface area contributed by atoms with Crippen LogP contribution in [-0.4, -0.2) is 59.1 Å². The zero-order valence-corrected chi connectivity index (χ0v) is 8.28. The summed E-state index contributed by atoms with van der Waals surface area (Å²) in [5, 5.41) is 0. The first-order chi connectivity index (χ1) is 1.41. The molecule has 0 rings (SSSR count). The monoisotopic (exact) mass is 88.0 g/mol. The van der Waals surface area contributed by atoms with Crippen LogP contribution >= 0.6 is 0 Å². The van der Waals surface area contributed by atoms with Gasteiger partial charge in [-0.15, -0.1) is 6.58 Å². The second kappa shape index (κ2) is 17.2. The van der Waals surface area contributed by atoms with E-state index in [1.807, 2.05) is 6.92 Å². The van der Waals surface area contributed by atoms with Crippen molar-refractivity contribution >= 4 is 59.1 Å². The van der Waals surface area contributed by atoms with Crippen molar-refractivity contribution in [3.8, 4) is 0 Å². The Morgan fingerprint density at radius 2 is 1.40 bits per heavy atom. The van der Waals surface area contributed by atoms with Crippen molar-refractivity contribution in [3.05, 3.63) is 12.7 Å². The van der Waals surface area contributed by atoms with Crippen molar-refractivity contribution in [2.45, 2.75) is 6.92 Å². The smallest absolute Gasteiger partial charge is 0 e. The SMILES string of the molecule is C=CC.[Na].[Na]. The molecule has 0 saturated carbocycles. The summed E-state index contributed by atoms with van der Waals surface area (Å²) in [6, 6.07) is 0. The molecule has 0 aliphatic rings. The van der Waals surface area contributed by atoms with E-state index in [1.54, 1.807) is 6.08 Å². The zero-order valence-electron chi connectivity index (χ0n) is 4.28. The van der Waals surface area contributed by atoms with Gasteiger partial charge in [0.25, 0.3) is 0 Å². The number of rotatable bonds is 0. The van der Waals surface area contributed by atoms with Crippen LogP contribution < -0.4 is 0 Å². The van der Waals surface area contributed by atoms with Crippen LogP contribution in [0.1, 0.15) is 6.92 Å². The summed E-state index contributed by atoms with van der Waals surface area (Å²) in [4.78, 5) is 0. The van der Waals surface area contributed by atoms with Crippen LogP contribution in [0, 0.1) is 0 Å². The topological polar surface area (TPSA) is 0 Å². The van der Waals surface area contributed by atoms with Gasteiger partial charge in [0.1, 0.15) is 0 Å². The Morgan fingerprint density at radius 3 is 1.40 bits per heavy atom. The number of hydrogen-bond donors (Lipinski definition) is 0. The molecule has 0 spiro atoms. The Hall–Kier alpha value is 1.74. The summed E-state index contributed by atoms with van der Waals surface area (Å²) in [5.74, 6) is 0. The molecule has 0 bridgehead atoms. The summed E-state index contributed by atoms with van der Waals surface area (Å²) < 4.78 is 0. The molecule has 0 heterocycles. The fraction of sp³-hybridized carbons (Fsp3) is 0.333. The molecule has 0 aromatic heterocycles. The fourth-order valence-corrected chi connectivity index (χ4v) is 0. The predicted molar refractivity (Wildman–Crippen MR) is 27.4 cm³/mol. The molecule has 20 valence electrons. The molecular formula is C3H6Na2. The molecule has 0 nitrogen and oxygen atoms in total. The van der Waals surface area contributed by atoms with E-state index in [-0.39, 0.29) is 59.1 Å². The first-order valence-electron chi connectivity index (χ1n) is 0.986. The minimum absolute atomic E-state index is 0. The third kappa shape index (κ3) is 26.5. The molecule has 0 N–H and O–H groups in total. The quantitative estimate of drug-likeness (QED) is 0.297. The summed E-state index contributed by atoms with van der Waals surface area (Å²) in [7, 11) is 0. The third-order valence-corrected chi connectivity index (χ3v) is 0. The maximum atomic E-state index is 3.36. The van der Waals surface area contributed by atoms with E-state index in [1.165, 1.54) is 0 Å². The second-order valence-corrected chi connectivity index (χ2v) is 0.408. The molecule has 0 unspecified atom stereocenters. The minimum atomic E-state index is 0. The first kappa shape index (κ1) is 15.9. The van der Waals surface area contributed by atoms with Gasteiger partial charge in [0.05, 0.1) is 0 Å². The Bertz CT molecular complexity index is 12.4. The van der Waals surface area contributed by atoms with Crippen LogP contribution in [-0.2, 0) is 0 Å². The first-order valence-corrected chi connectivity index (χ1v) is 0.986. The van der Waals surface area contributed by atoms with Crippen LogP contribution in [0.5, 0.6) is 0 Å². The molecule has 0 saturated heterocycles. The van der Waals surface area contributed by atoms with Crippen LogP contribution in [0.25, 0.3) is 0 Å². The van der Waals surface area contributed by atoms with Crippen molar-refractivity contribution in [3.63, 3.8) is 0 Å². The van der Waals surface area contributed by atoms with E-state index < -0.39 is 0 Å². The minimum Gasteiger partial charge on any atom is -0.103 e. The van der Waals surface area contributed by atoms with E-state index in [9.17, 15) is 0 Å². The standard InChI is InChI=1S/C3H6.2Na/c1-3-2;;/h3H,1H2,2H3;;. The van der Waals surface area contributed by atoms with Gasteiger partial charge in [-0.05, 0) is 6.92 Å². The number of hydrogen-bond acceptors (Lipinski definition) is 0. The molecule has 0 aliphatic carbocycles. The summed E-state index contributed by atoms with van der Waals surface area (Å²) >= 11 is 0. The Morgan fingerprint density at radius 1 is 1.40 bits per heavy atom. The van der Waals surface area contributed by atoms with Gasteiger partial charge in [-0.2, -0.15) is 0 Å². The van der Waals surface area contributed by atoms with E-state index in [0.717, 1.165) is 0 Å². The van der Waals surface area contributed by atoms with Crippen LogP contribution in [0.4, 0.5) is 0 Å². The molecule has 0 fully saturated rings. The summed E-state index contributed by atoms with van der Waals surface area (Å²) in [6.45, 7) is 5.25. The Kier molecular flexibility index (Phi) is 54.5. The fourth-order valence-electron chi connectivity index (χ4n) is 0. The van der Waals surface area contributed by atoms with Crippen molar-refractivity contribution in [2.24, 2.45) is 0 Å². The summed E-state index contributed by atoms with van der Waals surface area (Å²) in [6.07, 6.45) is 1.75. The van der Waals surface area contributed by atoms with Crippen molar-refractivity contribution in [2.75, 3.05) is 0 Å². The average molecular weight is 88.1 g/mol. The molecule has 0 amide bonds. The van der Waals surface area contributed by atoms with Crippen molar-refractivity contribution in [1.29, 1.82) is 0 Å². The van der Waals surface area contributed by atoms with Gasteiger partial charge in [-0.1, -0.05) is 6.08 Å². The van der Waals surface area contributed by atoms with Gasteiger partial charge in [0, 0.05) is 59.1 Å². The molecule has 5 heavy (non-hydrogen) atoms. The second-order valence-electron chi connectivity index (χ2n) is 0.408. The van der Waals surface area contributed by atoms with Crippen LogP contribution in [0.15, 0.2) is 12.7 Å². The largest absolute Gasteiger partial charge is 0.103 e. The predicted octanol–water partition coefficient (Wildman–Crippen LogP) is 0.431. The van der Waals surface area contributed by atoms with Crippen LogP contribution in [0.3, 0.4) is 0 Å². The molecule has 2 radical (unpaired) electrons. The molecule has 0 aromatic carbocycles. The van der Waals surface area contributed by atoms with Gasteiger partial charge < -0.3 is 0 Å². The van der Waals surface area contributed by atoms with Gasteiger partial charge >= 0.3 is 0 Å². The van der Waals surface area contributed by atoms with E-state index >= 15 is 0 Å². The maximum Gasteiger partial charge on any atom is 0 e. The van der Waals surface area contributed by atoms with Crippen molar-refractivity contribution in [1.82, 2.24) is 0 Å². The summed E-state index contributed by atoms with van der Waals surface area (Å²) in [5.41, 5.74) is 0. The van der Waals surface area contributed by atoms with Gasteiger partial charge in [0.15, 0.2) is 0 Å². The zero-order chi connectivity index (χ0) is 2.71. The van der Waals surface area contributed by atoms with Crippen molar-refractivity contribution < 1.29 is 0 Å². The van der Waals surface area contributed by atoms with E-state index in [0.29, 0.717) is 0 Å². The molecule has 0 aromatic rings. The van der Waals surface area contributed by atoms with Gasteiger partial charge in [-0.25, -0.2) is 0 Å². The molecular weight excluding hydrogens is 82.0 g/mol. The molecule has 0 aliphatic heterocycles.